The van der Waals surface area contributed by atoms with Crippen molar-refractivity contribution in [1.82, 2.24) is 0 Å². The number of epoxide rings is 1. The maximum absolute atomic E-state index is 4.92. The molecule has 1 heteroatoms. The van der Waals surface area contributed by atoms with Gasteiger partial charge in [-0.05, 0) is 27.7 Å². The van der Waals surface area contributed by atoms with E-state index in [-0.39, 0.29) is 14.9 Å². The molecule has 0 aromatic rings. The highest BCUT2D eigenvalue weighted by Crippen LogP contribution is 2.18. The normalized spacial score (nSPS) is 20.9. The van der Waals surface area contributed by atoms with E-state index in [1.54, 1.807) is 0 Å². The Morgan fingerprint density at radius 1 is 0.867 bits per heavy atom. The Bertz CT molecular complexity index is 95.9. The minimum atomic E-state index is 0. The predicted molar refractivity (Wildman–Crippen MR) is 74.5 cm³/mol. The molecule has 2 unspecified atom stereocenters. The van der Waals surface area contributed by atoms with Gasteiger partial charge in [-0.2, -0.15) is 0 Å². The highest BCUT2D eigenvalue weighted by molar-refractivity contribution is 4.73. The van der Waals surface area contributed by atoms with Crippen molar-refractivity contribution in [2.75, 3.05) is 0 Å². The first-order chi connectivity index (χ1) is 6.13. The first kappa shape index (κ1) is 24.1. The molecular formula is C14H34O. The van der Waals surface area contributed by atoms with Gasteiger partial charge in [0.1, 0.15) is 0 Å². The van der Waals surface area contributed by atoms with Crippen LogP contribution in [0.3, 0.4) is 0 Å². The van der Waals surface area contributed by atoms with Gasteiger partial charge >= 0.3 is 0 Å². The molecule has 0 bridgehead atoms. The van der Waals surface area contributed by atoms with Crippen LogP contribution in [0.5, 0.6) is 0 Å². The lowest BCUT2D eigenvalue weighted by atomic mass is 10.4. The SMILES string of the molecule is C.C.C/C=C\C.CC1OC1C.CCCC. The third-order valence-electron chi connectivity index (χ3n) is 1.85. The van der Waals surface area contributed by atoms with Crippen LogP contribution in [0.4, 0.5) is 0 Å². The predicted octanol–water partition coefficient (Wildman–Crippen LogP) is 5.45. The molecule has 96 valence electrons. The molecule has 15 heavy (non-hydrogen) atoms. The molecule has 1 aliphatic heterocycles. The molecule has 1 heterocycles. The number of rotatable bonds is 1. The largest absolute Gasteiger partial charge is 0.370 e. The van der Waals surface area contributed by atoms with Crippen molar-refractivity contribution in [2.24, 2.45) is 0 Å². The minimum absolute atomic E-state index is 0. The standard InChI is InChI=1S/C4H8O.C4H10.C4H8.2CH4/c1-3-4(2)5-3;2*1-3-4-2;;/h3-4H,1-2H3;3-4H2,1-2H3;3-4H,1-2H3;2*1H4/b;;4-3-;;. The van der Waals surface area contributed by atoms with Crippen molar-refractivity contribution in [3.8, 4) is 0 Å². The molecule has 1 saturated heterocycles. The Kier molecular flexibility index (Phi) is 31.0. The van der Waals surface area contributed by atoms with Crippen LogP contribution >= 0.6 is 0 Å². The maximum atomic E-state index is 4.92. The number of ether oxygens (including phenoxy) is 1. The lowest BCUT2D eigenvalue weighted by Crippen LogP contribution is -1.74. The second-order valence-corrected chi connectivity index (χ2v) is 3.21. The van der Waals surface area contributed by atoms with Crippen molar-refractivity contribution >= 4 is 0 Å². The van der Waals surface area contributed by atoms with E-state index < -0.39 is 0 Å². The van der Waals surface area contributed by atoms with E-state index >= 15 is 0 Å². The van der Waals surface area contributed by atoms with Gasteiger partial charge in [0.2, 0.25) is 0 Å². The monoisotopic (exact) mass is 218 g/mol. The summed E-state index contributed by atoms with van der Waals surface area (Å²) in [6, 6.07) is 0. The molecule has 0 aromatic carbocycles. The summed E-state index contributed by atoms with van der Waals surface area (Å²) >= 11 is 0. The molecule has 1 rings (SSSR count). The van der Waals surface area contributed by atoms with Crippen LogP contribution in [-0.2, 0) is 4.74 Å². The lowest BCUT2D eigenvalue weighted by molar-refractivity contribution is 0.389. The second-order valence-electron chi connectivity index (χ2n) is 3.21. The van der Waals surface area contributed by atoms with Crippen LogP contribution in [-0.4, -0.2) is 12.2 Å². The molecule has 0 spiro atoms. The van der Waals surface area contributed by atoms with Crippen LogP contribution in [0, 0.1) is 0 Å². The summed E-state index contributed by atoms with van der Waals surface area (Å²) in [5.74, 6) is 0. The van der Waals surface area contributed by atoms with Crippen LogP contribution in [0.25, 0.3) is 0 Å². The van der Waals surface area contributed by atoms with E-state index in [1.807, 2.05) is 26.0 Å². The van der Waals surface area contributed by atoms with Crippen LogP contribution in [0.1, 0.15) is 69.2 Å². The van der Waals surface area contributed by atoms with Gasteiger partial charge in [-0.1, -0.05) is 53.7 Å². The van der Waals surface area contributed by atoms with Crippen molar-refractivity contribution in [3.63, 3.8) is 0 Å². The lowest BCUT2D eigenvalue weighted by Gasteiger charge is -1.68. The number of unbranched alkanes of at least 4 members (excludes halogenated alkanes) is 1. The number of hydrogen-bond donors (Lipinski definition) is 0. The van der Waals surface area contributed by atoms with Gasteiger partial charge in [0.15, 0.2) is 0 Å². The Labute approximate surface area is 98.9 Å². The molecule has 2 atom stereocenters. The van der Waals surface area contributed by atoms with E-state index in [4.69, 9.17) is 4.74 Å². The molecule has 0 aromatic heterocycles. The highest BCUT2D eigenvalue weighted by atomic mass is 16.6. The molecule has 0 amide bonds. The average Bonchev–Trinajstić information content (AvgIpc) is 2.80. The van der Waals surface area contributed by atoms with Crippen LogP contribution in [0.2, 0.25) is 0 Å². The van der Waals surface area contributed by atoms with Gasteiger partial charge < -0.3 is 4.74 Å². The summed E-state index contributed by atoms with van der Waals surface area (Å²) in [6.45, 7) is 12.5. The number of allylic oxidation sites excluding steroid dienone is 2. The summed E-state index contributed by atoms with van der Waals surface area (Å²) in [4.78, 5) is 0. The average molecular weight is 218 g/mol. The van der Waals surface area contributed by atoms with Crippen LogP contribution < -0.4 is 0 Å². The van der Waals surface area contributed by atoms with Crippen LogP contribution in [0.15, 0.2) is 12.2 Å². The third kappa shape index (κ3) is 31.6. The first-order valence-corrected chi connectivity index (χ1v) is 5.36. The van der Waals surface area contributed by atoms with Crippen molar-refractivity contribution in [2.45, 2.75) is 81.4 Å². The quantitative estimate of drug-likeness (QED) is 0.421. The van der Waals surface area contributed by atoms with Gasteiger partial charge in [-0.25, -0.2) is 0 Å². The van der Waals surface area contributed by atoms with Gasteiger partial charge in [0.05, 0.1) is 12.2 Å². The molecule has 0 saturated carbocycles. The zero-order valence-corrected chi connectivity index (χ0v) is 10.1. The first-order valence-electron chi connectivity index (χ1n) is 5.36. The highest BCUT2D eigenvalue weighted by Gasteiger charge is 2.27. The Morgan fingerprint density at radius 3 is 1.07 bits per heavy atom. The van der Waals surface area contributed by atoms with Crippen molar-refractivity contribution in [3.05, 3.63) is 12.2 Å². The van der Waals surface area contributed by atoms with Gasteiger partial charge in [-0.15, -0.1) is 0 Å². The van der Waals surface area contributed by atoms with Gasteiger partial charge in [0.25, 0.3) is 0 Å². The van der Waals surface area contributed by atoms with E-state index in [2.05, 4.69) is 27.7 Å². The van der Waals surface area contributed by atoms with E-state index in [0.717, 1.165) is 0 Å². The molecular weight excluding hydrogens is 184 g/mol. The Morgan fingerprint density at radius 2 is 1.07 bits per heavy atom. The molecule has 0 N–H and O–H groups in total. The summed E-state index contributed by atoms with van der Waals surface area (Å²) < 4.78 is 4.92. The maximum Gasteiger partial charge on any atom is 0.0811 e. The van der Waals surface area contributed by atoms with E-state index in [0.29, 0.717) is 12.2 Å². The molecule has 0 aliphatic carbocycles. The molecule has 0 radical (unpaired) electrons. The second kappa shape index (κ2) is 19.3. The van der Waals surface area contributed by atoms with Crippen molar-refractivity contribution < 1.29 is 4.74 Å². The summed E-state index contributed by atoms with van der Waals surface area (Å²) in [7, 11) is 0. The molecule has 1 fully saturated rings. The molecule has 1 aliphatic rings. The van der Waals surface area contributed by atoms with E-state index in [9.17, 15) is 0 Å². The minimum Gasteiger partial charge on any atom is -0.370 e. The van der Waals surface area contributed by atoms with Gasteiger partial charge in [0, 0.05) is 0 Å². The number of hydrogen-bond acceptors (Lipinski definition) is 1. The topological polar surface area (TPSA) is 12.5 Å². The Balaban J connectivity index is -0.0000000575. The van der Waals surface area contributed by atoms with E-state index in [1.165, 1.54) is 12.8 Å². The van der Waals surface area contributed by atoms with Gasteiger partial charge in [-0.3, -0.25) is 0 Å². The summed E-state index contributed by atoms with van der Waals surface area (Å²) in [5, 5.41) is 0. The summed E-state index contributed by atoms with van der Waals surface area (Å²) in [5.41, 5.74) is 0. The summed E-state index contributed by atoms with van der Waals surface area (Å²) in [6.07, 6.45) is 7.74. The fourth-order valence-corrected chi connectivity index (χ4v) is 0.293. The zero-order valence-electron chi connectivity index (χ0n) is 10.1. The molecule has 1 nitrogen and oxygen atoms in total. The zero-order chi connectivity index (χ0) is 10.7. The fraction of sp³-hybridized carbons (Fsp3) is 0.857. The van der Waals surface area contributed by atoms with Crippen molar-refractivity contribution in [1.29, 1.82) is 0 Å². The smallest absolute Gasteiger partial charge is 0.0811 e. The fourth-order valence-electron chi connectivity index (χ4n) is 0.293. The third-order valence-corrected chi connectivity index (χ3v) is 1.85. The Hall–Kier alpha value is -0.300.